The van der Waals surface area contributed by atoms with E-state index in [1.807, 2.05) is 18.7 Å². The van der Waals surface area contributed by atoms with E-state index in [-0.39, 0.29) is 17.6 Å². The number of nitrogens with two attached hydrogens (primary N) is 1. The molecule has 21 heavy (non-hydrogen) atoms. The molecule has 0 aromatic heterocycles. The minimum Gasteiger partial charge on any atom is -0.397 e. The number of nitrogens with one attached hydrogen (secondary N) is 1. The van der Waals surface area contributed by atoms with Crippen molar-refractivity contribution in [2.75, 3.05) is 23.3 Å². The van der Waals surface area contributed by atoms with Gasteiger partial charge in [-0.05, 0) is 32.0 Å². The monoisotopic (exact) mass is 311 g/mol. The quantitative estimate of drug-likeness (QED) is 0.842. The second-order valence-corrected chi connectivity index (χ2v) is 6.94. The molecule has 6 heteroatoms. The summed E-state index contributed by atoms with van der Waals surface area (Å²) in [7, 11) is 0. The topological polar surface area (TPSA) is 58.4 Å². The zero-order valence-electron chi connectivity index (χ0n) is 12.6. The third kappa shape index (κ3) is 3.68. The standard InChI is InChI=1S/C15H22FN3OS/c1-9-11(3)21-7-6-19(9)10(2)15(20)18-14-5-4-12(16)8-13(14)17/h4-5,8-11H,6-7,17H2,1-3H3,(H,18,20). The molecule has 116 valence electrons. The lowest BCUT2D eigenvalue weighted by Crippen LogP contribution is -2.53. The predicted molar refractivity (Wildman–Crippen MR) is 87.0 cm³/mol. The van der Waals surface area contributed by atoms with Crippen LogP contribution in [0.15, 0.2) is 18.2 Å². The Morgan fingerprint density at radius 1 is 1.52 bits per heavy atom. The van der Waals surface area contributed by atoms with Crippen molar-refractivity contribution < 1.29 is 9.18 Å². The maximum atomic E-state index is 13.0. The van der Waals surface area contributed by atoms with Crippen LogP contribution in [0.25, 0.3) is 0 Å². The van der Waals surface area contributed by atoms with E-state index in [2.05, 4.69) is 24.1 Å². The molecule has 1 saturated heterocycles. The Hall–Kier alpha value is -1.27. The van der Waals surface area contributed by atoms with Gasteiger partial charge in [-0.1, -0.05) is 6.92 Å². The van der Waals surface area contributed by atoms with Crippen molar-refractivity contribution in [3.63, 3.8) is 0 Å². The highest BCUT2D eigenvalue weighted by atomic mass is 32.2. The first kappa shape index (κ1) is 16.1. The first-order valence-electron chi connectivity index (χ1n) is 7.13. The van der Waals surface area contributed by atoms with E-state index in [1.54, 1.807) is 0 Å². The molecular weight excluding hydrogens is 289 g/mol. The van der Waals surface area contributed by atoms with Gasteiger partial charge in [0, 0.05) is 23.6 Å². The zero-order chi connectivity index (χ0) is 15.6. The van der Waals surface area contributed by atoms with Gasteiger partial charge in [0.2, 0.25) is 5.91 Å². The summed E-state index contributed by atoms with van der Waals surface area (Å²) < 4.78 is 13.0. The lowest BCUT2D eigenvalue weighted by atomic mass is 10.1. The van der Waals surface area contributed by atoms with E-state index < -0.39 is 5.82 Å². The molecule has 1 aliphatic heterocycles. The number of rotatable bonds is 3. The molecule has 3 atom stereocenters. The molecule has 1 aromatic carbocycles. The fraction of sp³-hybridized carbons (Fsp3) is 0.533. The van der Waals surface area contributed by atoms with Gasteiger partial charge in [-0.25, -0.2) is 4.39 Å². The Morgan fingerprint density at radius 3 is 2.90 bits per heavy atom. The van der Waals surface area contributed by atoms with E-state index in [1.165, 1.54) is 18.2 Å². The summed E-state index contributed by atoms with van der Waals surface area (Å²) >= 11 is 1.93. The lowest BCUT2D eigenvalue weighted by Gasteiger charge is -2.40. The second kappa shape index (κ2) is 6.66. The van der Waals surface area contributed by atoms with Crippen molar-refractivity contribution >= 4 is 29.0 Å². The van der Waals surface area contributed by atoms with Gasteiger partial charge in [0.1, 0.15) is 5.82 Å². The molecule has 3 N–H and O–H groups in total. The average Bonchev–Trinajstić information content (AvgIpc) is 2.44. The SMILES string of the molecule is CC1SCCN(C(C)C(=O)Nc2ccc(F)cc2N)C1C. The highest BCUT2D eigenvalue weighted by molar-refractivity contribution is 8.00. The molecule has 0 saturated carbocycles. The number of hydrogen-bond donors (Lipinski definition) is 2. The predicted octanol–water partition coefficient (Wildman–Crippen LogP) is 2.56. The van der Waals surface area contributed by atoms with E-state index in [0.29, 0.717) is 17.0 Å². The van der Waals surface area contributed by atoms with Crippen LogP contribution in [-0.2, 0) is 4.79 Å². The third-order valence-electron chi connectivity index (χ3n) is 4.08. The van der Waals surface area contributed by atoms with Crippen LogP contribution in [0.3, 0.4) is 0 Å². The summed E-state index contributed by atoms with van der Waals surface area (Å²) in [5.41, 5.74) is 6.43. The molecule has 1 amide bonds. The van der Waals surface area contributed by atoms with Crippen molar-refractivity contribution in [1.29, 1.82) is 0 Å². The Balaban J connectivity index is 2.05. The van der Waals surface area contributed by atoms with Crippen molar-refractivity contribution in [2.45, 2.75) is 38.1 Å². The number of amides is 1. The Labute approximate surface area is 129 Å². The maximum absolute atomic E-state index is 13.0. The van der Waals surface area contributed by atoms with Crippen molar-refractivity contribution in [2.24, 2.45) is 0 Å². The molecule has 0 bridgehead atoms. The number of benzene rings is 1. The van der Waals surface area contributed by atoms with Gasteiger partial charge in [0.05, 0.1) is 17.4 Å². The molecule has 1 aliphatic rings. The van der Waals surface area contributed by atoms with Gasteiger partial charge >= 0.3 is 0 Å². The van der Waals surface area contributed by atoms with Crippen molar-refractivity contribution in [1.82, 2.24) is 4.90 Å². The van der Waals surface area contributed by atoms with Gasteiger partial charge in [0.15, 0.2) is 0 Å². The van der Waals surface area contributed by atoms with Gasteiger partial charge in [-0.15, -0.1) is 0 Å². The minimum absolute atomic E-state index is 0.112. The summed E-state index contributed by atoms with van der Waals surface area (Å²) in [4.78, 5) is 14.6. The number of carbonyl (C=O) groups excluding carboxylic acids is 1. The van der Waals surface area contributed by atoms with Crippen molar-refractivity contribution in [3.8, 4) is 0 Å². The Bertz CT molecular complexity index is 526. The molecule has 1 heterocycles. The molecule has 3 unspecified atom stereocenters. The fourth-order valence-electron chi connectivity index (χ4n) is 2.54. The summed E-state index contributed by atoms with van der Waals surface area (Å²) in [6.07, 6.45) is 0. The number of halogens is 1. The minimum atomic E-state index is -0.408. The fourth-order valence-corrected chi connectivity index (χ4v) is 3.66. The number of thioether (sulfide) groups is 1. The van der Waals surface area contributed by atoms with Gasteiger partial charge in [-0.3, -0.25) is 9.69 Å². The molecule has 1 fully saturated rings. The number of carbonyl (C=O) groups is 1. The van der Waals surface area contributed by atoms with Crippen LogP contribution in [0.5, 0.6) is 0 Å². The van der Waals surface area contributed by atoms with Crippen LogP contribution < -0.4 is 11.1 Å². The van der Waals surface area contributed by atoms with Crippen LogP contribution in [-0.4, -0.2) is 40.4 Å². The summed E-state index contributed by atoms with van der Waals surface area (Å²) in [5.74, 6) is 0.509. The van der Waals surface area contributed by atoms with E-state index in [9.17, 15) is 9.18 Å². The van der Waals surface area contributed by atoms with Crippen LogP contribution in [0, 0.1) is 5.82 Å². The molecule has 0 spiro atoms. The first-order chi connectivity index (χ1) is 9.90. The van der Waals surface area contributed by atoms with Gasteiger partial charge in [-0.2, -0.15) is 11.8 Å². The average molecular weight is 311 g/mol. The third-order valence-corrected chi connectivity index (χ3v) is 5.42. The second-order valence-electron chi connectivity index (χ2n) is 5.45. The Kier molecular flexibility index (Phi) is 5.11. The summed E-state index contributed by atoms with van der Waals surface area (Å²) in [6, 6.07) is 4.09. The number of nitrogen functional groups attached to an aromatic ring is 1. The highest BCUT2D eigenvalue weighted by Gasteiger charge is 2.31. The van der Waals surface area contributed by atoms with E-state index >= 15 is 0 Å². The van der Waals surface area contributed by atoms with E-state index in [0.717, 1.165) is 12.3 Å². The molecular formula is C15H22FN3OS. The Morgan fingerprint density at radius 2 is 2.24 bits per heavy atom. The number of hydrogen-bond acceptors (Lipinski definition) is 4. The molecule has 1 aromatic rings. The number of nitrogens with zero attached hydrogens (tertiary/aromatic N) is 1. The van der Waals surface area contributed by atoms with Crippen molar-refractivity contribution in [3.05, 3.63) is 24.0 Å². The van der Waals surface area contributed by atoms with Crippen LogP contribution in [0.2, 0.25) is 0 Å². The normalized spacial score (nSPS) is 24.6. The first-order valence-corrected chi connectivity index (χ1v) is 8.18. The largest absolute Gasteiger partial charge is 0.397 e. The van der Waals surface area contributed by atoms with Crippen LogP contribution in [0.1, 0.15) is 20.8 Å². The van der Waals surface area contributed by atoms with Gasteiger partial charge < -0.3 is 11.1 Å². The number of anilines is 2. The smallest absolute Gasteiger partial charge is 0.241 e. The van der Waals surface area contributed by atoms with Crippen LogP contribution >= 0.6 is 11.8 Å². The molecule has 0 radical (unpaired) electrons. The maximum Gasteiger partial charge on any atom is 0.241 e. The molecule has 2 rings (SSSR count). The van der Waals surface area contributed by atoms with Gasteiger partial charge in [0.25, 0.3) is 0 Å². The van der Waals surface area contributed by atoms with E-state index in [4.69, 9.17) is 5.73 Å². The highest BCUT2D eigenvalue weighted by Crippen LogP contribution is 2.26. The summed E-state index contributed by atoms with van der Waals surface area (Å²) in [6.45, 7) is 7.12. The molecule has 4 nitrogen and oxygen atoms in total. The lowest BCUT2D eigenvalue weighted by molar-refractivity contribution is -0.121. The zero-order valence-corrected chi connectivity index (χ0v) is 13.4. The molecule has 0 aliphatic carbocycles. The van der Waals surface area contributed by atoms with Crippen LogP contribution in [0.4, 0.5) is 15.8 Å². The summed E-state index contributed by atoms with van der Waals surface area (Å²) in [5, 5.41) is 3.30.